The van der Waals surface area contributed by atoms with Gasteiger partial charge in [0.1, 0.15) is 11.2 Å². The molecule has 0 atom stereocenters. The van der Waals surface area contributed by atoms with Gasteiger partial charge in [0.05, 0.1) is 52.9 Å². The maximum absolute atomic E-state index is 13.1. The number of carbonyl (C=O) groups excluding carboxylic acids is 5. The number of nitrogens with one attached hydrogen (secondary N) is 6. The van der Waals surface area contributed by atoms with E-state index in [9.17, 15) is 33.9 Å². The molecule has 20 heteroatoms. The molecule has 340 valence electrons. The second-order valence-corrected chi connectivity index (χ2v) is 15.2. The van der Waals surface area contributed by atoms with E-state index in [0.717, 1.165) is 5.56 Å². The molecule has 0 aliphatic heterocycles. The van der Waals surface area contributed by atoms with Crippen LogP contribution in [0.25, 0.3) is 0 Å². The number of hydrogen-bond donors (Lipinski definition) is 7. The van der Waals surface area contributed by atoms with Crippen LogP contribution in [0.2, 0.25) is 0 Å². The molecule has 20 nitrogen and oxygen atoms in total. The van der Waals surface area contributed by atoms with E-state index >= 15 is 0 Å². The van der Waals surface area contributed by atoms with Crippen LogP contribution >= 0.6 is 0 Å². The summed E-state index contributed by atoms with van der Waals surface area (Å²) in [6.07, 6.45) is -2.18. The molecule has 0 heterocycles. The third kappa shape index (κ3) is 25.5. The van der Waals surface area contributed by atoms with Crippen LogP contribution in [0.3, 0.4) is 0 Å². The quantitative estimate of drug-likeness (QED) is 0.0669. The number of urea groups is 1. The lowest BCUT2D eigenvalue weighted by Gasteiger charge is -2.19. The van der Waals surface area contributed by atoms with Gasteiger partial charge in [-0.05, 0) is 65.3 Å². The van der Waals surface area contributed by atoms with Crippen LogP contribution in [0, 0.1) is 0 Å². The number of carbonyl (C=O) groups is 6. The molecular formula is C41H63N7O13. The molecule has 0 saturated heterocycles. The molecule has 0 aliphatic rings. The summed E-state index contributed by atoms with van der Waals surface area (Å²) in [6, 6.07) is 12.8. The average Bonchev–Trinajstić information content (AvgIpc) is 3.17. The van der Waals surface area contributed by atoms with Crippen LogP contribution in [0.1, 0.15) is 67.8 Å². The van der Waals surface area contributed by atoms with Crippen LogP contribution in [0.15, 0.2) is 48.5 Å². The van der Waals surface area contributed by atoms with Gasteiger partial charge in [-0.3, -0.25) is 9.59 Å². The zero-order valence-corrected chi connectivity index (χ0v) is 36.0. The zero-order valence-electron chi connectivity index (χ0n) is 36.0. The van der Waals surface area contributed by atoms with E-state index in [1.165, 1.54) is 23.1 Å². The van der Waals surface area contributed by atoms with Crippen molar-refractivity contribution in [2.45, 2.75) is 59.3 Å². The monoisotopic (exact) mass is 861 g/mol. The Morgan fingerprint density at radius 3 is 1.44 bits per heavy atom. The standard InChI is InChI=1S/C41H63N7O13/c1-40(2,3)60-37(52)45-15-21-56-18-12-42-34(49)31-26-32(35(50)43-13-19-57-22-16-46-38(53)61-41(4,5)6)28-33(27-31)47-36(51)44-14-20-58-24-25-59-23-17-48(39(54)55)29-30-10-8-7-9-11-30/h7-11,26-28H,12-25,29H2,1-6H3,(H,42,49)(H,43,50)(H,45,52)(H,46,53)(H,54,55)(H2,44,47,51). The Bertz CT molecular complexity index is 1600. The highest BCUT2D eigenvalue weighted by Gasteiger charge is 2.18. The molecule has 0 radical (unpaired) electrons. The highest BCUT2D eigenvalue weighted by atomic mass is 16.6. The number of nitrogens with zero attached hydrogens (tertiary/aromatic N) is 1. The van der Waals surface area contributed by atoms with Gasteiger partial charge in [-0.1, -0.05) is 30.3 Å². The molecule has 61 heavy (non-hydrogen) atoms. The number of carboxylic acid groups (broad SMARTS) is 1. The van der Waals surface area contributed by atoms with Crippen molar-refractivity contribution >= 4 is 41.8 Å². The minimum Gasteiger partial charge on any atom is -0.465 e. The second kappa shape index (κ2) is 27.9. The van der Waals surface area contributed by atoms with E-state index in [1.807, 2.05) is 30.3 Å². The number of amides is 7. The number of hydrogen-bond acceptors (Lipinski definition) is 12. The number of ether oxygens (including phenoxy) is 6. The van der Waals surface area contributed by atoms with Gasteiger partial charge in [-0.25, -0.2) is 19.2 Å². The summed E-state index contributed by atoms with van der Waals surface area (Å²) >= 11 is 0. The lowest BCUT2D eigenvalue weighted by molar-refractivity contribution is 0.0395. The number of benzene rings is 2. The van der Waals surface area contributed by atoms with Crippen LogP contribution in [0.5, 0.6) is 0 Å². The summed E-state index contributed by atoms with van der Waals surface area (Å²) in [6.45, 7) is 13.1. The van der Waals surface area contributed by atoms with Crippen molar-refractivity contribution in [1.29, 1.82) is 0 Å². The first-order chi connectivity index (χ1) is 28.9. The van der Waals surface area contributed by atoms with E-state index in [-0.39, 0.29) is 115 Å². The van der Waals surface area contributed by atoms with Gasteiger partial charge in [-0.2, -0.15) is 0 Å². The van der Waals surface area contributed by atoms with Gasteiger partial charge in [0, 0.05) is 62.6 Å². The predicted octanol–water partition coefficient (Wildman–Crippen LogP) is 3.56. The predicted molar refractivity (Wildman–Crippen MR) is 225 cm³/mol. The summed E-state index contributed by atoms with van der Waals surface area (Å²) in [4.78, 5) is 75.4. The topological polar surface area (TPSA) is 253 Å². The minimum absolute atomic E-state index is 0.0916. The van der Waals surface area contributed by atoms with E-state index in [2.05, 4.69) is 31.9 Å². The Labute approximate surface area is 357 Å². The molecule has 2 aromatic carbocycles. The SMILES string of the molecule is CC(C)(C)OC(=O)NCCOCCNC(=O)c1cc(NC(=O)NCCOCCOCCN(Cc2ccccc2)C(=O)O)cc(C(=O)NCCOCCNC(=O)OC(C)(C)C)c1. The molecule has 0 unspecified atom stereocenters. The smallest absolute Gasteiger partial charge is 0.407 e. The van der Waals surface area contributed by atoms with Gasteiger partial charge in [-0.15, -0.1) is 0 Å². The fourth-order valence-corrected chi connectivity index (χ4v) is 4.88. The molecule has 0 bridgehead atoms. The largest absolute Gasteiger partial charge is 0.465 e. The molecule has 0 spiro atoms. The highest BCUT2D eigenvalue weighted by Crippen LogP contribution is 2.16. The van der Waals surface area contributed by atoms with E-state index < -0.39 is 47.3 Å². The fourth-order valence-electron chi connectivity index (χ4n) is 4.88. The minimum atomic E-state index is -1.04. The van der Waals surface area contributed by atoms with Crippen LogP contribution in [-0.4, -0.2) is 149 Å². The summed E-state index contributed by atoms with van der Waals surface area (Å²) in [7, 11) is 0. The fraction of sp³-hybridized carbons (Fsp3) is 0.561. The van der Waals surface area contributed by atoms with Crippen molar-refractivity contribution in [2.75, 3.05) is 97.4 Å². The van der Waals surface area contributed by atoms with Crippen molar-refractivity contribution in [2.24, 2.45) is 0 Å². The first kappa shape index (κ1) is 51.4. The first-order valence-electron chi connectivity index (χ1n) is 19.9. The summed E-state index contributed by atoms with van der Waals surface area (Å²) in [5.74, 6) is -1.06. The van der Waals surface area contributed by atoms with Crippen LogP contribution < -0.4 is 31.9 Å². The van der Waals surface area contributed by atoms with Gasteiger partial charge >= 0.3 is 24.3 Å². The van der Waals surface area contributed by atoms with Gasteiger partial charge < -0.3 is 70.3 Å². The molecule has 0 saturated carbocycles. The van der Waals surface area contributed by atoms with Crippen molar-refractivity contribution in [3.63, 3.8) is 0 Å². The molecule has 0 fully saturated rings. The maximum atomic E-state index is 13.1. The average molecular weight is 862 g/mol. The summed E-state index contributed by atoms with van der Waals surface area (Å²) in [5.41, 5.74) is -0.0321. The first-order valence-corrected chi connectivity index (χ1v) is 19.9. The molecule has 0 aromatic heterocycles. The van der Waals surface area contributed by atoms with E-state index in [0.29, 0.717) is 0 Å². The summed E-state index contributed by atoms with van der Waals surface area (Å²) in [5, 5.41) is 25.3. The molecule has 2 aromatic rings. The Balaban J connectivity index is 1.83. The number of anilines is 1. The molecule has 2 rings (SSSR count). The van der Waals surface area contributed by atoms with Crippen molar-refractivity contribution in [3.05, 3.63) is 65.2 Å². The van der Waals surface area contributed by atoms with Gasteiger partial charge in [0.15, 0.2) is 0 Å². The van der Waals surface area contributed by atoms with Crippen molar-refractivity contribution < 1.29 is 62.3 Å². The normalized spacial score (nSPS) is 11.2. The lowest BCUT2D eigenvalue weighted by Crippen LogP contribution is -2.35. The van der Waals surface area contributed by atoms with Crippen LogP contribution in [-0.2, 0) is 35.0 Å². The zero-order chi connectivity index (χ0) is 45.1. The van der Waals surface area contributed by atoms with E-state index in [1.54, 1.807) is 41.5 Å². The Hall–Kier alpha value is -5.70. The lowest BCUT2D eigenvalue weighted by atomic mass is 10.1. The molecule has 0 aliphatic carbocycles. The van der Waals surface area contributed by atoms with E-state index in [4.69, 9.17) is 28.4 Å². The maximum Gasteiger partial charge on any atom is 0.407 e. The second-order valence-electron chi connectivity index (χ2n) is 15.2. The third-order valence-electron chi connectivity index (χ3n) is 7.50. The van der Waals surface area contributed by atoms with Gasteiger partial charge in [0.25, 0.3) is 11.8 Å². The molecular weight excluding hydrogens is 798 g/mol. The third-order valence-corrected chi connectivity index (χ3v) is 7.50. The van der Waals surface area contributed by atoms with Crippen LogP contribution in [0.4, 0.5) is 24.9 Å². The Morgan fingerprint density at radius 2 is 0.984 bits per heavy atom. The number of rotatable bonds is 26. The highest BCUT2D eigenvalue weighted by molar-refractivity contribution is 6.02. The van der Waals surface area contributed by atoms with Gasteiger partial charge in [0.2, 0.25) is 0 Å². The molecule has 7 N–H and O–H groups in total. The Morgan fingerprint density at radius 1 is 0.557 bits per heavy atom. The number of alkyl carbamates (subject to hydrolysis) is 2. The summed E-state index contributed by atoms with van der Waals surface area (Å²) < 4.78 is 32.3. The van der Waals surface area contributed by atoms with Crippen molar-refractivity contribution in [1.82, 2.24) is 31.5 Å². The van der Waals surface area contributed by atoms with Crippen molar-refractivity contribution in [3.8, 4) is 0 Å². The Kier molecular flexibility index (Phi) is 23.6. The molecule has 7 amide bonds.